The maximum atomic E-state index is 9.23. The molecule has 1 fully saturated rings. The summed E-state index contributed by atoms with van der Waals surface area (Å²) in [5.74, 6) is 1.06. The lowest BCUT2D eigenvalue weighted by Crippen LogP contribution is -2.29. The standard InChI is InChI=1S/C23H29N7O/c1-3-20(4-2)29-13-19(10-26-29)23-22-5-6-24-30(22)14-21(27-23)18-9-25-28(12-18)11-16-7-17(8-16)15-31/h5-6,9-10,12-14,16-17,20,31H,3-4,7-8,11,15H2,1-2H3/t16-,17+. The molecule has 5 rings (SSSR count). The smallest absolute Gasteiger partial charge is 0.0999 e. The number of aromatic nitrogens is 7. The summed E-state index contributed by atoms with van der Waals surface area (Å²) in [7, 11) is 0. The predicted octanol–water partition coefficient (Wildman–Crippen LogP) is 3.84. The molecule has 8 heteroatoms. The Balaban J connectivity index is 1.45. The van der Waals surface area contributed by atoms with Gasteiger partial charge in [0.1, 0.15) is 0 Å². The van der Waals surface area contributed by atoms with Crippen molar-refractivity contribution in [3.8, 4) is 22.5 Å². The van der Waals surface area contributed by atoms with E-state index in [0.29, 0.717) is 24.5 Å². The first-order chi connectivity index (χ1) is 15.2. The fourth-order valence-electron chi connectivity index (χ4n) is 4.63. The molecule has 1 N–H and O–H groups in total. The van der Waals surface area contributed by atoms with Crippen LogP contribution in [0.3, 0.4) is 0 Å². The molecular weight excluding hydrogens is 390 g/mol. The molecule has 0 amide bonds. The van der Waals surface area contributed by atoms with Gasteiger partial charge in [-0.15, -0.1) is 0 Å². The molecule has 0 atom stereocenters. The van der Waals surface area contributed by atoms with Crippen molar-refractivity contribution >= 4 is 5.52 Å². The summed E-state index contributed by atoms with van der Waals surface area (Å²) < 4.78 is 5.92. The van der Waals surface area contributed by atoms with Crippen LogP contribution in [0.25, 0.3) is 28.0 Å². The lowest BCUT2D eigenvalue weighted by atomic mass is 9.75. The molecule has 0 radical (unpaired) electrons. The largest absolute Gasteiger partial charge is 0.396 e. The zero-order valence-electron chi connectivity index (χ0n) is 18.1. The van der Waals surface area contributed by atoms with E-state index in [2.05, 4.69) is 41.5 Å². The fraction of sp³-hybridized carbons (Fsp3) is 0.478. The highest BCUT2D eigenvalue weighted by molar-refractivity contribution is 5.78. The van der Waals surface area contributed by atoms with Crippen molar-refractivity contribution in [3.63, 3.8) is 0 Å². The van der Waals surface area contributed by atoms with Crippen LogP contribution in [0, 0.1) is 11.8 Å². The normalized spacial score (nSPS) is 18.7. The minimum atomic E-state index is 0.297. The average molecular weight is 420 g/mol. The van der Waals surface area contributed by atoms with Gasteiger partial charge in [-0.3, -0.25) is 9.36 Å². The Morgan fingerprint density at radius 1 is 1.00 bits per heavy atom. The molecule has 0 saturated heterocycles. The molecule has 0 unspecified atom stereocenters. The van der Waals surface area contributed by atoms with Gasteiger partial charge in [0.05, 0.1) is 47.7 Å². The third-order valence-electron chi connectivity index (χ3n) is 6.55. The highest BCUT2D eigenvalue weighted by Gasteiger charge is 2.28. The topological polar surface area (TPSA) is 86.1 Å². The number of aliphatic hydroxyl groups is 1. The van der Waals surface area contributed by atoms with Crippen LogP contribution < -0.4 is 0 Å². The first-order valence-electron chi connectivity index (χ1n) is 11.2. The van der Waals surface area contributed by atoms with E-state index in [1.807, 2.05) is 38.5 Å². The molecule has 4 aromatic heterocycles. The summed E-state index contributed by atoms with van der Waals surface area (Å²) in [5.41, 5.74) is 4.66. The number of hydrogen-bond acceptors (Lipinski definition) is 5. The molecular formula is C23H29N7O. The zero-order chi connectivity index (χ0) is 21.4. The number of hydrogen-bond donors (Lipinski definition) is 1. The Hall–Kier alpha value is -3.00. The monoisotopic (exact) mass is 419 g/mol. The van der Waals surface area contributed by atoms with Crippen LogP contribution in [-0.4, -0.2) is 45.9 Å². The van der Waals surface area contributed by atoms with Crippen LogP contribution >= 0.6 is 0 Å². The maximum Gasteiger partial charge on any atom is 0.0999 e. The van der Waals surface area contributed by atoms with Crippen molar-refractivity contribution in [1.82, 2.24) is 34.2 Å². The minimum Gasteiger partial charge on any atom is -0.396 e. The molecule has 31 heavy (non-hydrogen) atoms. The van der Waals surface area contributed by atoms with E-state index in [1.54, 1.807) is 6.20 Å². The molecule has 0 aliphatic heterocycles. The van der Waals surface area contributed by atoms with Crippen LogP contribution in [0.15, 0.2) is 43.2 Å². The lowest BCUT2D eigenvalue weighted by Gasteiger charge is -2.33. The van der Waals surface area contributed by atoms with Gasteiger partial charge in [-0.25, -0.2) is 9.50 Å². The Kier molecular flexibility index (Phi) is 5.31. The molecule has 162 valence electrons. The lowest BCUT2D eigenvalue weighted by molar-refractivity contribution is 0.0945. The highest BCUT2D eigenvalue weighted by atomic mass is 16.3. The first kappa shape index (κ1) is 19.9. The highest BCUT2D eigenvalue weighted by Crippen LogP contribution is 2.34. The van der Waals surface area contributed by atoms with Crippen molar-refractivity contribution in [2.24, 2.45) is 11.8 Å². The SMILES string of the molecule is CCC(CC)n1cc(-c2nc(-c3cnn(C[C@H]4C[C@@H](CO)C4)c3)cn3nccc23)cn1. The van der Waals surface area contributed by atoms with Crippen LogP contribution in [0.5, 0.6) is 0 Å². The molecule has 4 aromatic rings. The van der Waals surface area contributed by atoms with Gasteiger partial charge in [0.2, 0.25) is 0 Å². The van der Waals surface area contributed by atoms with Gasteiger partial charge >= 0.3 is 0 Å². The fourth-order valence-corrected chi connectivity index (χ4v) is 4.63. The van der Waals surface area contributed by atoms with Gasteiger partial charge < -0.3 is 5.11 Å². The summed E-state index contributed by atoms with van der Waals surface area (Å²) >= 11 is 0. The van der Waals surface area contributed by atoms with Crippen molar-refractivity contribution < 1.29 is 5.11 Å². The third-order valence-corrected chi connectivity index (χ3v) is 6.55. The van der Waals surface area contributed by atoms with E-state index < -0.39 is 0 Å². The van der Waals surface area contributed by atoms with E-state index in [0.717, 1.165) is 60.3 Å². The minimum absolute atomic E-state index is 0.297. The second-order valence-electron chi connectivity index (χ2n) is 8.65. The molecule has 1 aliphatic rings. The summed E-state index contributed by atoms with van der Waals surface area (Å²) in [6.07, 6.45) is 15.9. The molecule has 0 spiro atoms. The van der Waals surface area contributed by atoms with E-state index in [9.17, 15) is 5.11 Å². The Morgan fingerprint density at radius 2 is 1.81 bits per heavy atom. The second kappa shape index (κ2) is 8.26. The van der Waals surface area contributed by atoms with Crippen molar-refractivity contribution in [1.29, 1.82) is 0 Å². The van der Waals surface area contributed by atoms with Crippen LogP contribution in [0.2, 0.25) is 0 Å². The summed E-state index contributed by atoms with van der Waals surface area (Å²) in [4.78, 5) is 4.99. The van der Waals surface area contributed by atoms with Gasteiger partial charge in [0.15, 0.2) is 0 Å². The zero-order valence-corrected chi connectivity index (χ0v) is 18.1. The van der Waals surface area contributed by atoms with Gasteiger partial charge in [0.25, 0.3) is 0 Å². The summed E-state index contributed by atoms with van der Waals surface area (Å²) in [6.45, 7) is 5.56. The van der Waals surface area contributed by atoms with Gasteiger partial charge in [-0.05, 0) is 43.6 Å². The molecule has 1 aliphatic carbocycles. The van der Waals surface area contributed by atoms with Crippen LogP contribution in [0.1, 0.15) is 45.6 Å². The van der Waals surface area contributed by atoms with Crippen LogP contribution in [0.4, 0.5) is 0 Å². The summed E-state index contributed by atoms with van der Waals surface area (Å²) in [5, 5.41) is 22.8. The number of aliphatic hydroxyl groups excluding tert-OH is 1. The third kappa shape index (κ3) is 3.76. The van der Waals surface area contributed by atoms with Gasteiger partial charge in [-0.1, -0.05) is 13.8 Å². The van der Waals surface area contributed by atoms with E-state index in [4.69, 9.17) is 4.98 Å². The summed E-state index contributed by atoms with van der Waals surface area (Å²) in [6, 6.07) is 2.38. The van der Waals surface area contributed by atoms with E-state index in [1.165, 1.54) is 0 Å². The predicted molar refractivity (Wildman–Crippen MR) is 118 cm³/mol. The first-order valence-corrected chi connectivity index (χ1v) is 11.2. The molecule has 4 heterocycles. The second-order valence-corrected chi connectivity index (χ2v) is 8.65. The molecule has 8 nitrogen and oxygen atoms in total. The average Bonchev–Trinajstić information content (AvgIpc) is 3.51. The molecule has 1 saturated carbocycles. The Morgan fingerprint density at radius 3 is 2.58 bits per heavy atom. The van der Waals surface area contributed by atoms with Crippen molar-refractivity contribution in [3.05, 3.63) is 43.2 Å². The van der Waals surface area contributed by atoms with Crippen molar-refractivity contribution in [2.45, 2.75) is 52.1 Å². The number of fused-ring (bicyclic) bond motifs is 1. The van der Waals surface area contributed by atoms with E-state index in [-0.39, 0.29) is 0 Å². The van der Waals surface area contributed by atoms with Crippen molar-refractivity contribution in [2.75, 3.05) is 6.61 Å². The van der Waals surface area contributed by atoms with Gasteiger partial charge in [-0.2, -0.15) is 15.3 Å². The quantitative estimate of drug-likeness (QED) is 0.469. The van der Waals surface area contributed by atoms with E-state index >= 15 is 0 Å². The molecule has 0 aromatic carbocycles. The molecule has 0 bridgehead atoms. The van der Waals surface area contributed by atoms with Crippen LogP contribution in [-0.2, 0) is 6.54 Å². The number of nitrogens with zero attached hydrogens (tertiary/aromatic N) is 7. The maximum absolute atomic E-state index is 9.23. The Labute approximate surface area is 181 Å². The number of rotatable bonds is 8. The Bertz CT molecular complexity index is 1160. The van der Waals surface area contributed by atoms with Gasteiger partial charge in [0, 0.05) is 36.7 Å².